The van der Waals surface area contributed by atoms with Crippen LogP contribution in [0.25, 0.3) is 0 Å². The summed E-state index contributed by atoms with van der Waals surface area (Å²) in [5.74, 6) is -1.34. The monoisotopic (exact) mass is 362 g/mol. The third-order valence-corrected chi connectivity index (χ3v) is 2.87. The molecule has 2 rings (SSSR count). The van der Waals surface area contributed by atoms with Crippen molar-refractivity contribution in [3.05, 3.63) is 51.2 Å². The predicted molar refractivity (Wildman–Crippen MR) is 69.3 cm³/mol. The summed E-state index contributed by atoms with van der Waals surface area (Å²) in [5.41, 5.74) is 0.299. The third-order valence-electron chi connectivity index (χ3n) is 1.98. The van der Waals surface area contributed by atoms with Crippen LogP contribution in [0.4, 0.5) is 20.2 Å². The number of anilines is 2. The highest BCUT2D eigenvalue weighted by Gasteiger charge is 2.10. The highest BCUT2D eigenvalue weighted by atomic mass is 79.9. The summed E-state index contributed by atoms with van der Waals surface area (Å²) in [4.78, 5) is 3.89. The van der Waals surface area contributed by atoms with Crippen molar-refractivity contribution < 1.29 is 8.78 Å². The number of rotatable bonds is 2. The highest BCUT2D eigenvalue weighted by Crippen LogP contribution is 2.27. The summed E-state index contributed by atoms with van der Waals surface area (Å²) < 4.78 is 28.1. The molecule has 17 heavy (non-hydrogen) atoms. The van der Waals surface area contributed by atoms with Crippen molar-refractivity contribution in [2.24, 2.45) is 0 Å². The molecule has 0 saturated carbocycles. The Morgan fingerprint density at radius 3 is 2.18 bits per heavy atom. The summed E-state index contributed by atoms with van der Waals surface area (Å²) in [7, 11) is 0. The lowest BCUT2D eigenvalue weighted by atomic mass is 10.2. The highest BCUT2D eigenvalue weighted by molar-refractivity contribution is 9.10. The number of halogens is 4. The maximum Gasteiger partial charge on any atom is 0.150 e. The van der Waals surface area contributed by atoms with E-state index >= 15 is 0 Å². The second-order valence-electron chi connectivity index (χ2n) is 3.26. The van der Waals surface area contributed by atoms with Crippen molar-refractivity contribution in [1.82, 2.24) is 4.98 Å². The molecular formula is C11H6Br2F2N2. The van der Waals surface area contributed by atoms with Crippen LogP contribution in [0.1, 0.15) is 0 Å². The van der Waals surface area contributed by atoms with Crippen LogP contribution in [0.15, 0.2) is 39.5 Å². The van der Waals surface area contributed by atoms with Gasteiger partial charge in [-0.25, -0.2) is 8.78 Å². The molecule has 0 aliphatic carbocycles. The Hall–Kier alpha value is -1.01. The molecule has 2 aromatic rings. The molecule has 0 atom stereocenters. The van der Waals surface area contributed by atoms with Crippen LogP contribution in [0.5, 0.6) is 0 Å². The molecule has 0 bridgehead atoms. The minimum Gasteiger partial charge on any atom is -0.349 e. The first-order valence-electron chi connectivity index (χ1n) is 4.58. The molecule has 0 saturated heterocycles. The van der Waals surface area contributed by atoms with E-state index in [1.165, 1.54) is 18.3 Å². The van der Waals surface area contributed by atoms with E-state index in [-0.39, 0.29) is 5.69 Å². The third kappa shape index (κ3) is 3.01. The summed E-state index contributed by atoms with van der Waals surface area (Å²) in [6.45, 7) is 0. The van der Waals surface area contributed by atoms with Crippen LogP contribution in [-0.2, 0) is 0 Å². The van der Waals surface area contributed by atoms with Crippen LogP contribution in [0, 0.1) is 11.6 Å². The van der Waals surface area contributed by atoms with Gasteiger partial charge >= 0.3 is 0 Å². The molecule has 1 N–H and O–H groups in total. The van der Waals surface area contributed by atoms with E-state index < -0.39 is 11.6 Å². The van der Waals surface area contributed by atoms with Gasteiger partial charge in [-0.3, -0.25) is 4.98 Å². The van der Waals surface area contributed by atoms with E-state index in [1.807, 2.05) is 0 Å². The molecule has 0 unspecified atom stereocenters. The Balaban J connectivity index is 2.36. The maximum absolute atomic E-state index is 13.5. The van der Waals surface area contributed by atoms with Crippen LogP contribution >= 0.6 is 31.9 Å². The minimum atomic E-state index is -0.670. The quantitative estimate of drug-likeness (QED) is 0.841. The average Bonchev–Trinajstić information content (AvgIpc) is 2.23. The van der Waals surface area contributed by atoms with Crippen LogP contribution in [-0.4, -0.2) is 4.98 Å². The van der Waals surface area contributed by atoms with E-state index in [2.05, 4.69) is 42.2 Å². The van der Waals surface area contributed by atoms with Gasteiger partial charge in [-0.05, 0) is 34.1 Å². The molecule has 1 aromatic carbocycles. The van der Waals surface area contributed by atoms with Crippen molar-refractivity contribution in [1.29, 1.82) is 0 Å². The SMILES string of the molecule is Fc1cc(Br)cc(F)c1Nc1cncc(Br)c1. The topological polar surface area (TPSA) is 24.9 Å². The van der Waals surface area contributed by atoms with Gasteiger partial charge in [0.1, 0.15) is 5.69 Å². The Morgan fingerprint density at radius 2 is 1.59 bits per heavy atom. The zero-order valence-corrected chi connectivity index (χ0v) is 11.5. The summed E-state index contributed by atoms with van der Waals surface area (Å²) in [6.07, 6.45) is 3.06. The van der Waals surface area contributed by atoms with Gasteiger partial charge in [0.2, 0.25) is 0 Å². The number of nitrogens with one attached hydrogen (secondary N) is 1. The number of hydrogen-bond donors (Lipinski definition) is 1. The van der Waals surface area contributed by atoms with E-state index in [9.17, 15) is 8.78 Å². The molecule has 1 aromatic heterocycles. The predicted octanol–water partition coefficient (Wildman–Crippen LogP) is 4.63. The lowest BCUT2D eigenvalue weighted by molar-refractivity contribution is 0.589. The van der Waals surface area contributed by atoms with Gasteiger partial charge in [-0.15, -0.1) is 0 Å². The normalized spacial score (nSPS) is 10.4. The first-order valence-corrected chi connectivity index (χ1v) is 6.17. The van der Waals surface area contributed by atoms with Gasteiger partial charge in [-0.2, -0.15) is 0 Å². The lowest BCUT2D eigenvalue weighted by Gasteiger charge is -2.09. The fourth-order valence-corrected chi connectivity index (χ4v) is 2.05. The number of pyridine rings is 1. The molecule has 0 aliphatic rings. The molecule has 0 radical (unpaired) electrons. The summed E-state index contributed by atoms with van der Waals surface area (Å²) >= 11 is 6.24. The van der Waals surface area contributed by atoms with Gasteiger partial charge in [-0.1, -0.05) is 15.9 Å². The molecule has 1 heterocycles. The maximum atomic E-state index is 13.5. The molecule has 0 spiro atoms. The molecule has 2 nitrogen and oxygen atoms in total. The number of nitrogens with zero attached hydrogens (tertiary/aromatic N) is 1. The van der Waals surface area contributed by atoms with Crippen molar-refractivity contribution in [3.8, 4) is 0 Å². The van der Waals surface area contributed by atoms with E-state index in [1.54, 1.807) is 12.3 Å². The van der Waals surface area contributed by atoms with Crippen molar-refractivity contribution in [2.75, 3.05) is 5.32 Å². The summed E-state index contributed by atoms with van der Waals surface area (Å²) in [6, 6.07) is 4.06. The van der Waals surface area contributed by atoms with E-state index in [0.717, 1.165) is 4.47 Å². The second-order valence-corrected chi connectivity index (χ2v) is 5.09. The van der Waals surface area contributed by atoms with Gasteiger partial charge < -0.3 is 5.32 Å². The van der Waals surface area contributed by atoms with Gasteiger partial charge in [0.25, 0.3) is 0 Å². The zero-order chi connectivity index (χ0) is 12.4. The van der Waals surface area contributed by atoms with E-state index in [4.69, 9.17) is 0 Å². The number of hydrogen-bond acceptors (Lipinski definition) is 2. The zero-order valence-electron chi connectivity index (χ0n) is 8.35. The Bertz CT molecular complexity index is 538. The first kappa shape index (κ1) is 12.4. The van der Waals surface area contributed by atoms with Gasteiger partial charge in [0.05, 0.1) is 11.9 Å². The van der Waals surface area contributed by atoms with Crippen molar-refractivity contribution in [2.45, 2.75) is 0 Å². The van der Waals surface area contributed by atoms with Crippen LogP contribution in [0.3, 0.4) is 0 Å². The molecule has 88 valence electrons. The average molecular weight is 364 g/mol. The standard InChI is InChI=1S/C11H6Br2F2N2/c12-6-2-9(14)11(10(15)3-6)17-8-1-7(13)4-16-5-8/h1-5,17H. The molecule has 0 fully saturated rings. The van der Waals surface area contributed by atoms with Gasteiger partial charge in [0.15, 0.2) is 11.6 Å². The molecule has 0 aliphatic heterocycles. The Labute approximate surface area is 113 Å². The Morgan fingerprint density at radius 1 is 0.941 bits per heavy atom. The molecule has 0 amide bonds. The molecule has 6 heteroatoms. The van der Waals surface area contributed by atoms with Crippen LogP contribution in [0.2, 0.25) is 0 Å². The smallest absolute Gasteiger partial charge is 0.150 e. The fourth-order valence-electron chi connectivity index (χ4n) is 1.29. The first-order chi connectivity index (χ1) is 8.06. The number of benzene rings is 1. The second kappa shape index (κ2) is 5.10. The van der Waals surface area contributed by atoms with Gasteiger partial charge in [0, 0.05) is 15.1 Å². The van der Waals surface area contributed by atoms with Crippen molar-refractivity contribution >= 4 is 43.2 Å². The minimum absolute atomic E-state index is 0.201. The number of aromatic nitrogens is 1. The molecular weight excluding hydrogens is 358 g/mol. The Kier molecular flexibility index (Phi) is 3.73. The van der Waals surface area contributed by atoms with E-state index in [0.29, 0.717) is 10.2 Å². The lowest BCUT2D eigenvalue weighted by Crippen LogP contribution is -1.98. The largest absolute Gasteiger partial charge is 0.349 e. The van der Waals surface area contributed by atoms with Crippen LogP contribution < -0.4 is 5.32 Å². The van der Waals surface area contributed by atoms with Crippen molar-refractivity contribution in [3.63, 3.8) is 0 Å². The summed E-state index contributed by atoms with van der Waals surface area (Å²) in [5, 5.41) is 2.65. The fraction of sp³-hybridized carbons (Fsp3) is 0.